The number of halogens is 2. The van der Waals surface area contributed by atoms with Gasteiger partial charge in [0.25, 0.3) is 0 Å². The minimum Gasteiger partial charge on any atom is -0.461 e. The number of hydrogen-bond acceptors (Lipinski definition) is 7. The zero-order chi connectivity index (χ0) is 26.3. The number of rotatable bonds is 10. The van der Waals surface area contributed by atoms with Gasteiger partial charge in [-0.2, -0.15) is 4.39 Å². The van der Waals surface area contributed by atoms with E-state index in [2.05, 4.69) is 11.7 Å². The first-order valence-electron chi connectivity index (χ1n) is 12.0. The van der Waals surface area contributed by atoms with Crippen LogP contribution in [0.3, 0.4) is 0 Å². The maximum atomic E-state index is 14.1. The smallest absolute Gasteiger partial charge is 0.370 e. The molecule has 6 nitrogen and oxygen atoms in total. The number of anilines is 2. The second-order valence-corrected chi connectivity index (χ2v) is 11.7. The molecule has 0 saturated carbocycles. The van der Waals surface area contributed by atoms with Gasteiger partial charge in [-0.05, 0) is 55.3 Å². The molecule has 0 amide bonds. The van der Waals surface area contributed by atoms with E-state index in [1.165, 1.54) is 30.0 Å². The third kappa shape index (κ3) is 6.79. The minimum atomic E-state index is -3.74. The summed E-state index contributed by atoms with van der Waals surface area (Å²) in [5.74, 6) is -2.20. The van der Waals surface area contributed by atoms with E-state index in [0.717, 1.165) is 19.3 Å². The van der Waals surface area contributed by atoms with E-state index in [9.17, 15) is 22.0 Å². The highest BCUT2D eigenvalue weighted by Gasteiger charge is 2.33. The zero-order valence-electron chi connectivity index (χ0n) is 20.6. The molecule has 0 radical (unpaired) electrons. The minimum absolute atomic E-state index is 0.00648. The van der Waals surface area contributed by atoms with E-state index in [1.54, 1.807) is 25.1 Å². The zero-order valence-corrected chi connectivity index (χ0v) is 22.3. The highest BCUT2D eigenvalue weighted by molar-refractivity contribution is 7.99. The number of fused-ring (bicyclic) bond motifs is 1. The van der Waals surface area contributed by atoms with E-state index < -0.39 is 21.6 Å². The number of ether oxygens (including phenoxy) is 2. The number of unbranched alkanes of at least 4 members (excludes halogenated alkanes) is 1. The van der Waals surface area contributed by atoms with Crippen LogP contribution in [0.1, 0.15) is 40.0 Å². The molecule has 0 aliphatic carbocycles. The van der Waals surface area contributed by atoms with Crippen LogP contribution in [0.5, 0.6) is 5.75 Å². The molecular weight excluding hydrogens is 508 g/mol. The van der Waals surface area contributed by atoms with Gasteiger partial charge >= 0.3 is 5.97 Å². The Kier molecular flexibility index (Phi) is 9.78. The number of nitrogens with zero attached hydrogens (tertiary/aromatic N) is 1. The van der Waals surface area contributed by atoms with Crippen LogP contribution in [0.25, 0.3) is 0 Å². The van der Waals surface area contributed by atoms with Crippen LogP contribution in [0.15, 0.2) is 58.3 Å². The fourth-order valence-electron chi connectivity index (χ4n) is 4.06. The number of hydrogen-bond donors (Lipinski definition) is 0. The van der Waals surface area contributed by atoms with Crippen molar-refractivity contribution in [2.24, 2.45) is 5.92 Å². The summed E-state index contributed by atoms with van der Waals surface area (Å²) in [7, 11) is -3.74. The number of carbonyl (C=O) groups is 1. The summed E-state index contributed by atoms with van der Waals surface area (Å²) in [6, 6.07) is 9.04. The Morgan fingerprint density at radius 1 is 1.19 bits per heavy atom. The SMILES string of the molecule is CCCCC1CN(c2ccc(F)cc2)c2cc(SCC)c(O/C=C(\F)C(=O)OCC)cc2S(=O)(=O)C1. The van der Waals surface area contributed by atoms with Crippen molar-refractivity contribution in [3.05, 3.63) is 54.3 Å². The average Bonchev–Trinajstić information content (AvgIpc) is 2.95. The maximum Gasteiger partial charge on any atom is 0.370 e. The quantitative estimate of drug-likeness (QED) is 0.149. The molecule has 196 valence electrons. The summed E-state index contributed by atoms with van der Waals surface area (Å²) in [5, 5.41) is 0. The first-order chi connectivity index (χ1) is 17.2. The monoisotopic (exact) mass is 539 g/mol. The molecule has 2 aromatic rings. The average molecular weight is 540 g/mol. The molecule has 0 saturated heterocycles. The predicted molar refractivity (Wildman–Crippen MR) is 138 cm³/mol. The van der Waals surface area contributed by atoms with Gasteiger partial charge in [0.2, 0.25) is 5.83 Å². The molecule has 10 heteroatoms. The number of thioether (sulfide) groups is 1. The van der Waals surface area contributed by atoms with Crippen LogP contribution in [0, 0.1) is 11.7 Å². The molecule has 1 aliphatic rings. The van der Waals surface area contributed by atoms with Crippen LogP contribution in [-0.4, -0.2) is 39.0 Å². The van der Waals surface area contributed by atoms with Gasteiger partial charge < -0.3 is 14.4 Å². The van der Waals surface area contributed by atoms with Gasteiger partial charge in [-0.3, -0.25) is 0 Å². The van der Waals surface area contributed by atoms with E-state index >= 15 is 0 Å². The molecule has 0 bridgehead atoms. The summed E-state index contributed by atoms with van der Waals surface area (Å²) in [5.41, 5.74) is 1.13. The Balaban J connectivity index is 2.14. The Bertz CT molecular complexity index is 1200. The molecule has 0 aromatic heterocycles. The third-order valence-corrected chi connectivity index (χ3v) is 8.54. The summed E-state index contributed by atoms with van der Waals surface area (Å²) >= 11 is 1.39. The second-order valence-electron chi connectivity index (χ2n) is 8.38. The Morgan fingerprint density at radius 3 is 2.56 bits per heavy atom. The molecule has 3 rings (SSSR count). The highest BCUT2D eigenvalue weighted by atomic mass is 32.2. The van der Waals surface area contributed by atoms with Crippen molar-refractivity contribution in [3.63, 3.8) is 0 Å². The molecule has 1 atom stereocenters. The topological polar surface area (TPSA) is 72.9 Å². The first-order valence-corrected chi connectivity index (χ1v) is 14.6. The van der Waals surface area contributed by atoms with E-state index in [1.807, 2.05) is 11.8 Å². The van der Waals surface area contributed by atoms with Gasteiger partial charge in [0.1, 0.15) is 17.8 Å². The molecule has 0 spiro atoms. The van der Waals surface area contributed by atoms with Gasteiger partial charge in [0.05, 0.1) is 27.8 Å². The lowest BCUT2D eigenvalue weighted by molar-refractivity contribution is -0.140. The van der Waals surface area contributed by atoms with Gasteiger partial charge in [-0.25, -0.2) is 17.6 Å². The van der Waals surface area contributed by atoms with Crippen molar-refractivity contribution in [2.45, 2.75) is 49.8 Å². The van der Waals surface area contributed by atoms with Crippen LogP contribution in [0.4, 0.5) is 20.2 Å². The van der Waals surface area contributed by atoms with Gasteiger partial charge in [-0.1, -0.05) is 26.7 Å². The molecule has 0 N–H and O–H groups in total. The first kappa shape index (κ1) is 28.0. The molecule has 1 heterocycles. The van der Waals surface area contributed by atoms with Gasteiger partial charge in [0, 0.05) is 18.3 Å². The molecule has 2 aromatic carbocycles. The number of carbonyl (C=O) groups excluding carboxylic acids is 1. The lowest BCUT2D eigenvalue weighted by Crippen LogP contribution is -2.26. The van der Waals surface area contributed by atoms with E-state index in [0.29, 0.717) is 34.8 Å². The summed E-state index contributed by atoms with van der Waals surface area (Å²) in [6.45, 7) is 5.99. The van der Waals surface area contributed by atoms with Crippen LogP contribution in [-0.2, 0) is 19.4 Å². The Labute approximate surface area is 215 Å². The molecule has 0 fully saturated rings. The van der Waals surface area contributed by atoms with Crippen LogP contribution < -0.4 is 9.64 Å². The number of sulfone groups is 1. The Hall–Kier alpha value is -2.59. The van der Waals surface area contributed by atoms with Gasteiger partial charge in [0.15, 0.2) is 9.84 Å². The standard InChI is InChI=1S/C26H31F2NO5S2/c1-4-7-8-18-15-29(20-11-9-19(27)10-12-20)22-13-24(35-6-3)23(14-25(22)36(31,32)17-18)34-16-21(28)26(30)33-5-2/h9-14,16,18H,4-8,15,17H2,1-3H3/b21-16-. The van der Waals surface area contributed by atoms with Crippen molar-refractivity contribution >= 4 is 38.9 Å². The normalized spacial score (nSPS) is 17.3. The van der Waals surface area contributed by atoms with Crippen LogP contribution in [0.2, 0.25) is 0 Å². The number of esters is 1. The fourth-order valence-corrected chi connectivity index (χ4v) is 6.66. The van der Waals surface area contributed by atoms with Crippen molar-refractivity contribution in [1.82, 2.24) is 0 Å². The Morgan fingerprint density at radius 2 is 1.92 bits per heavy atom. The predicted octanol–water partition coefficient (Wildman–Crippen LogP) is 6.42. The van der Waals surface area contributed by atoms with Crippen molar-refractivity contribution in [1.29, 1.82) is 0 Å². The van der Waals surface area contributed by atoms with Crippen molar-refractivity contribution in [3.8, 4) is 5.75 Å². The molecule has 36 heavy (non-hydrogen) atoms. The molecular formula is C26H31F2NO5S2. The van der Waals surface area contributed by atoms with E-state index in [-0.39, 0.29) is 34.7 Å². The summed E-state index contributed by atoms with van der Waals surface area (Å²) in [4.78, 5) is 14.2. The molecule has 1 unspecified atom stereocenters. The van der Waals surface area contributed by atoms with Crippen molar-refractivity contribution in [2.75, 3.05) is 29.6 Å². The molecule has 1 aliphatic heterocycles. The van der Waals surface area contributed by atoms with Crippen molar-refractivity contribution < 1.29 is 31.5 Å². The summed E-state index contributed by atoms with van der Waals surface area (Å²) in [6.07, 6.45) is 3.18. The lowest BCUT2D eigenvalue weighted by Gasteiger charge is -2.28. The third-order valence-electron chi connectivity index (χ3n) is 5.71. The largest absolute Gasteiger partial charge is 0.461 e. The fraction of sp³-hybridized carbons (Fsp3) is 0.423. The lowest BCUT2D eigenvalue weighted by atomic mass is 10.0. The second kappa shape index (κ2) is 12.6. The van der Waals surface area contributed by atoms with Crippen LogP contribution >= 0.6 is 11.8 Å². The summed E-state index contributed by atoms with van der Waals surface area (Å²) < 4.78 is 65.0. The van der Waals surface area contributed by atoms with Gasteiger partial charge in [-0.15, -0.1) is 11.8 Å². The van der Waals surface area contributed by atoms with E-state index in [4.69, 9.17) is 4.74 Å². The highest BCUT2D eigenvalue weighted by Crippen LogP contribution is 2.43. The number of benzene rings is 2. The maximum absolute atomic E-state index is 14.1.